The molecule has 1 aliphatic rings. The molecule has 1 rings (SSSR count). The fraction of sp³-hybridized carbons (Fsp3) is 0.857. The Morgan fingerprint density at radius 2 is 2.44 bits per heavy atom. The van der Waals surface area contributed by atoms with E-state index in [1.54, 1.807) is 0 Å². The Balaban J connectivity index is 2.37. The highest BCUT2D eigenvalue weighted by Gasteiger charge is 2.34. The first kappa shape index (κ1) is 7.03. The minimum absolute atomic E-state index is 0.211. The molecule has 0 amide bonds. The summed E-state index contributed by atoms with van der Waals surface area (Å²) in [5.41, 5.74) is 5.45. The Labute approximate surface area is 56.4 Å². The van der Waals surface area contributed by atoms with E-state index < -0.39 is 0 Å². The van der Waals surface area contributed by atoms with Crippen molar-refractivity contribution in [3.63, 3.8) is 0 Å². The standard InChI is InChI=1S/C7H14NO/c1-3-7(2,8)6-4-5-9-6/h6H,2-5,8H2,1H3. The minimum atomic E-state index is -0.335. The maximum Gasteiger partial charge on any atom is 0.0776 e. The van der Waals surface area contributed by atoms with Crippen molar-refractivity contribution in [1.29, 1.82) is 0 Å². The van der Waals surface area contributed by atoms with Crippen LogP contribution in [0.25, 0.3) is 0 Å². The molecule has 53 valence electrons. The van der Waals surface area contributed by atoms with Gasteiger partial charge in [0, 0.05) is 12.1 Å². The van der Waals surface area contributed by atoms with Crippen LogP contribution in [-0.4, -0.2) is 18.2 Å². The molecule has 2 heteroatoms. The van der Waals surface area contributed by atoms with Crippen molar-refractivity contribution in [3.05, 3.63) is 6.92 Å². The zero-order valence-corrected chi connectivity index (χ0v) is 5.89. The topological polar surface area (TPSA) is 35.2 Å². The summed E-state index contributed by atoms with van der Waals surface area (Å²) in [4.78, 5) is 0. The monoisotopic (exact) mass is 128 g/mol. The lowest BCUT2D eigenvalue weighted by Gasteiger charge is -2.39. The molecule has 0 aromatic carbocycles. The van der Waals surface area contributed by atoms with Gasteiger partial charge in [-0.2, -0.15) is 0 Å². The van der Waals surface area contributed by atoms with E-state index in [-0.39, 0.29) is 11.6 Å². The molecule has 1 aliphatic heterocycles. The number of ether oxygens (including phenoxy) is 1. The van der Waals surface area contributed by atoms with Crippen molar-refractivity contribution in [3.8, 4) is 0 Å². The van der Waals surface area contributed by atoms with Crippen LogP contribution in [0.1, 0.15) is 19.8 Å². The molecule has 0 aromatic heterocycles. The van der Waals surface area contributed by atoms with Crippen molar-refractivity contribution in [2.45, 2.75) is 31.4 Å². The van der Waals surface area contributed by atoms with Gasteiger partial charge in [-0.1, -0.05) is 6.92 Å². The summed E-state index contributed by atoms with van der Waals surface area (Å²) in [7, 11) is 0. The summed E-state index contributed by atoms with van der Waals surface area (Å²) >= 11 is 0. The molecule has 0 bridgehead atoms. The molecule has 0 spiro atoms. The van der Waals surface area contributed by atoms with E-state index in [1.165, 1.54) is 0 Å². The summed E-state index contributed by atoms with van der Waals surface area (Å²) in [6, 6.07) is 0. The van der Waals surface area contributed by atoms with E-state index in [0.29, 0.717) is 0 Å². The molecular weight excluding hydrogens is 114 g/mol. The van der Waals surface area contributed by atoms with Gasteiger partial charge in [0.25, 0.3) is 0 Å². The van der Waals surface area contributed by atoms with Gasteiger partial charge in [-0.3, -0.25) is 0 Å². The first-order valence-electron chi connectivity index (χ1n) is 3.42. The zero-order valence-electron chi connectivity index (χ0n) is 5.89. The fourth-order valence-electron chi connectivity index (χ4n) is 0.917. The minimum Gasteiger partial charge on any atom is -0.376 e. The first-order chi connectivity index (χ1) is 4.17. The second-order valence-electron chi connectivity index (χ2n) is 2.73. The van der Waals surface area contributed by atoms with Crippen molar-refractivity contribution >= 4 is 0 Å². The third-order valence-electron chi connectivity index (χ3n) is 2.00. The van der Waals surface area contributed by atoms with Crippen LogP contribution in [-0.2, 0) is 4.74 Å². The molecule has 0 saturated carbocycles. The van der Waals surface area contributed by atoms with Gasteiger partial charge in [0.2, 0.25) is 0 Å². The molecule has 2 atom stereocenters. The van der Waals surface area contributed by atoms with Crippen molar-refractivity contribution in [2.24, 2.45) is 5.73 Å². The Morgan fingerprint density at radius 1 is 1.89 bits per heavy atom. The van der Waals surface area contributed by atoms with E-state index in [2.05, 4.69) is 6.92 Å². The van der Waals surface area contributed by atoms with Crippen molar-refractivity contribution < 1.29 is 4.74 Å². The predicted molar refractivity (Wildman–Crippen MR) is 36.9 cm³/mol. The van der Waals surface area contributed by atoms with Crippen LogP contribution < -0.4 is 5.73 Å². The number of nitrogens with two attached hydrogens (primary N) is 1. The number of hydrogen-bond donors (Lipinski definition) is 1. The second-order valence-corrected chi connectivity index (χ2v) is 2.73. The predicted octanol–water partition coefficient (Wildman–Crippen LogP) is 0.717. The van der Waals surface area contributed by atoms with E-state index in [9.17, 15) is 0 Å². The van der Waals surface area contributed by atoms with Crippen LogP contribution >= 0.6 is 0 Å². The average molecular weight is 128 g/mol. The highest BCUT2D eigenvalue weighted by molar-refractivity contribution is 4.96. The maximum absolute atomic E-state index is 5.79. The Morgan fingerprint density at radius 3 is 2.56 bits per heavy atom. The third-order valence-corrected chi connectivity index (χ3v) is 2.00. The molecule has 1 heterocycles. The first-order valence-corrected chi connectivity index (χ1v) is 3.42. The van der Waals surface area contributed by atoms with E-state index in [1.807, 2.05) is 6.92 Å². The molecule has 0 aromatic rings. The zero-order chi connectivity index (χ0) is 6.91. The lowest BCUT2D eigenvalue weighted by molar-refractivity contribution is -0.0842. The van der Waals surface area contributed by atoms with Gasteiger partial charge >= 0.3 is 0 Å². The van der Waals surface area contributed by atoms with Gasteiger partial charge in [0.1, 0.15) is 0 Å². The molecule has 1 radical (unpaired) electrons. The smallest absolute Gasteiger partial charge is 0.0776 e. The molecule has 2 unspecified atom stereocenters. The Bertz CT molecular complexity index is 97.1. The molecular formula is C7H14NO. The maximum atomic E-state index is 5.79. The summed E-state index contributed by atoms with van der Waals surface area (Å²) in [6.45, 7) is 6.76. The van der Waals surface area contributed by atoms with Crippen LogP contribution in [0.2, 0.25) is 0 Å². The van der Waals surface area contributed by atoms with Gasteiger partial charge in [-0.25, -0.2) is 0 Å². The molecule has 1 saturated heterocycles. The molecule has 2 nitrogen and oxygen atoms in total. The number of rotatable bonds is 2. The van der Waals surface area contributed by atoms with Gasteiger partial charge < -0.3 is 10.5 Å². The fourth-order valence-corrected chi connectivity index (χ4v) is 0.917. The highest BCUT2D eigenvalue weighted by Crippen LogP contribution is 2.23. The van der Waals surface area contributed by atoms with Gasteiger partial charge in [-0.15, -0.1) is 0 Å². The SMILES string of the molecule is [CH2]C(N)(CC)C1CCO1. The normalized spacial score (nSPS) is 33.0. The van der Waals surface area contributed by atoms with Gasteiger partial charge in [0.05, 0.1) is 6.10 Å². The van der Waals surface area contributed by atoms with E-state index >= 15 is 0 Å². The van der Waals surface area contributed by atoms with Crippen molar-refractivity contribution in [1.82, 2.24) is 0 Å². The summed E-state index contributed by atoms with van der Waals surface area (Å²) in [5, 5.41) is 0. The highest BCUT2D eigenvalue weighted by atomic mass is 16.5. The Kier molecular flexibility index (Phi) is 1.78. The molecule has 1 fully saturated rings. The Hall–Kier alpha value is -0.0800. The summed E-state index contributed by atoms with van der Waals surface area (Å²) in [6.07, 6.45) is 2.17. The van der Waals surface area contributed by atoms with Crippen LogP contribution in [0.15, 0.2) is 0 Å². The molecule has 0 aliphatic carbocycles. The second kappa shape index (κ2) is 2.27. The molecule has 9 heavy (non-hydrogen) atoms. The third kappa shape index (κ3) is 1.25. The average Bonchev–Trinajstić information content (AvgIpc) is 1.60. The number of hydrogen-bond acceptors (Lipinski definition) is 2. The quantitative estimate of drug-likeness (QED) is 0.594. The van der Waals surface area contributed by atoms with E-state index in [0.717, 1.165) is 19.4 Å². The van der Waals surface area contributed by atoms with Crippen LogP contribution in [0.4, 0.5) is 0 Å². The van der Waals surface area contributed by atoms with E-state index in [4.69, 9.17) is 10.5 Å². The van der Waals surface area contributed by atoms with Gasteiger partial charge in [-0.05, 0) is 19.8 Å². The van der Waals surface area contributed by atoms with Crippen molar-refractivity contribution in [2.75, 3.05) is 6.61 Å². The largest absolute Gasteiger partial charge is 0.376 e. The summed E-state index contributed by atoms with van der Waals surface area (Å²) in [5.74, 6) is 0. The van der Waals surface area contributed by atoms with Crippen LogP contribution in [0.5, 0.6) is 0 Å². The molecule has 2 N–H and O–H groups in total. The van der Waals surface area contributed by atoms with Crippen LogP contribution in [0.3, 0.4) is 0 Å². The lowest BCUT2D eigenvalue weighted by Crippen LogP contribution is -2.54. The van der Waals surface area contributed by atoms with Gasteiger partial charge in [0.15, 0.2) is 0 Å². The lowest BCUT2D eigenvalue weighted by atomic mass is 9.88. The van der Waals surface area contributed by atoms with Crippen LogP contribution in [0, 0.1) is 6.92 Å². The summed E-state index contributed by atoms with van der Waals surface area (Å²) < 4.78 is 5.20.